The fourth-order valence-electron chi connectivity index (χ4n) is 2.00. The zero-order valence-corrected chi connectivity index (χ0v) is 11.4. The van der Waals surface area contributed by atoms with Crippen LogP contribution in [0.15, 0.2) is 15.9 Å². The lowest BCUT2D eigenvalue weighted by Crippen LogP contribution is -2.23. The van der Waals surface area contributed by atoms with Crippen LogP contribution in [0.25, 0.3) is 0 Å². The van der Waals surface area contributed by atoms with Crippen LogP contribution in [0.5, 0.6) is 0 Å². The van der Waals surface area contributed by atoms with Gasteiger partial charge in [-0.1, -0.05) is 0 Å². The summed E-state index contributed by atoms with van der Waals surface area (Å²) in [6.07, 6.45) is 0. The van der Waals surface area contributed by atoms with Crippen molar-refractivity contribution in [2.24, 2.45) is 5.92 Å². The Morgan fingerprint density at radius 1 is 1.69 bits per heavy atom. The zero-order chi connectivity index (χ0) is 11.5. The van der Waals surface area contributed by atoms with E-state index in [2.05, 4.69) is 32.7 Å². The first-order chi connectivity index (χ1) is 7.72. The van der Waals surface area contributed by atoms with Crippen LogP contribution in [0.3, 0.4) is 0 Å². The Balaban J connectivity index is 2.11. The fourth-order valence-corrected chi connectivity index (χ4v) is 3.61. The molecule has 2 rings (SSSR count). The summed E-state index contributed by atoms with van der Waals surface area (Å²) in [5.41, 5.74) is 0. The third-order valence-corrected chi connectivity index (χ3v) is 4.58. The van der Waals surface area contributed by atoms with Gasteiger partial charge in [0.1, 0.15) is 0 Å². The Hall–Kier alpha value is -0.390. The van der Waals surface area contributed by atoms with Gasteiger partial charge >= 0.3 is 5.97 Å². The van der Waals surface area contributed by atoms with Gasteiger partial charge in [0.2, 0.25) is 0 Å². The first-order valence-electron chi connectivity index (χ1n) is 5.33. The van der Waals surface area contributed by atoms with Gasteiger partial charge in [0, 0.05) is 33.7 Å². The molecule has 1 N–H and O–H groups in total. The van der Waals surface area contributed by atoms with E-state index in [4.69, 9.17) is 4.74 Å². The van der Waals surface area contributed by atoms with E-state index in [9.17, 15) is 4.79 Å². The maximum absolute atomic E-state index is 11.8. The van der Waals surface area contributed by atoms with Crippen molar-refractivity contribution >= 4 is 33.2 Å². The van der Waals surface area contributed by atoms with Gasteiger partial charge in [0.05, 0.1) is 12.5 Å². The van der Waals surface area contributed by atoms with Crippen molar-refractivity contribution in [3.05, 3.63) is 20.8 Å². The average molecular weight is 304 g/mol. The van der Waals surface area contributed by atoms with Crippen molar-refractivity contribution in [2.75, 3.05) is 19.7 Å². The quantitative estimate of drug-likeness (QED) is 0.871. The monoisotopic (exact) mass is 303 g/mol. The van der Waals surface area contributed by atoms with Crippen molar-refractivity contribution in [1.29, 1.82) is 0 Å². The number of hydrogen-bond donors (Lipinski definition) is 1. The van der Waals surface area contributed by atoms with E-state index >= 15 is 0 Å². The third-order valence-electron chi connectivity index (χ3n) is 2.76. The molecule has 88 valence electrons. The van der Waals surface area contributed by atoms with Gasteiger partial charge in [-0.05, 0) is 28.9 Å². The van der Waals surface area contributed by atoms with E-state index < -0.39 is 0 Å². The molecule has 1 aromatic rings. The molecule has 1 aliphatic heterocycles. The summed E-state index contributed by atoms with van der Waals surface area (Å²) in [7, 11) is 0. The summed E-state index contributed by atoms with van der Waals surface area (Å²) in [5, 5.41) is 5.31. The lowest BCUT2D eigenvalue weighted by atomic mass is 9.95. The Bertz CT molecular complexity index is 380. The molecule has 2 heterocycles. The highest BCUT2D eigenvalue weighted by Gasteiger charge is 2.35. The highest BCUT2D eigenvalue weighted by molar-refractivity contribution is 9.10. The number of ether oxygens (including phenoxy) is 1. The number of esters is 1. The summed E-state index contributed by atoms with van der Waals surface area (Å²) < 4.78 is 6.18. The predicted octanol–water partition coefficient (Wildman–Crippen LogP) is 2.38. The van der Waals surface area contributed by atoms with Gasteiger partial charge in [0.15, 0.2) is 0 Å². The highest BCUT2D eigenvalue weighted by atomic mass is 79.9. The van der Waals surface area contributed by atoms with Crippen LogP contribution in [0, 0.1) is 5.92 Å². The van der Waals surface area contributed by atoms with Crippen LogP contribution in [-0.2, 0) is 9.53 Å². The molecule has 0 bridgehead atoms. The summed E-state index contributed by atoms with van der Waals surface area (Å²) >= 11 is 5.13. The van der Waals surface area contributed by atoms with E-state index in [1.165, 1.54) is 4.88 Å². The SMILES string of the molecule is CCOC(=O)C1CNCC1c1cc(Br)cs1. The molecule has 16 heavy (non-hydrogen) atoms. The number of carbonyl (C=O) groups is 1. The second-order valence-electron chi connectivity index (χ2n) is 3.79. The molecule has 2 atom stereocenters. The number of carbonyl (C=O) groups excluding carboxylic acids is 1. The van der Waals surface area contributed by atoms with Crippen LogP contribution in [0.1, 0.15) is 17.7 Å². The van der Waals surface area contributed by atoms with Crippen molar-refractivity contribution in [1.82, 2.24) is 5.32 Å². The molecule has 5 heteroatoms. The molecule has 0 radical (unpaired) electrons. The normalized spacial score (nSPS) is 24.6. The highest BCUT2D eigenvalue weighted by Crippen LogP contribution is 2.34. The van der Waals surface area contributed by atoms with E-state index in [1.54, 1.807) is 11.3 Å². The van der Waals surface area contributed by atoms with E-state index in [1.807, 2.05) is 6.92 Å². The molecule has 1 aromatic heterocycles. The zero-order valence-electron chi connectivity index (χ0n) is 9.03. The number of halogens is 1. The van der Waals surface area contributed by atoms with Crippen molar-refractivity contribution in [3.8, 4) is 0 Å². The van der Waals surface area contributed by atoms with Gasteiger partial charge in [-0.25, -0.2) is 0 Å². The minimum atomic E-state index is -0.0815. The second-order valence-corrected chi connectivity index (χ2v) is 5.65. The topological polar surface area (TPSA) is 38.3 Å². The lowest BCUT2D eigenvalue weighted by Gasteiger charge is -2.15. The average Bonchev–Trinajstić information content (AvgIpc) is 2.85. The first-order valence-corrected chi connectivity index (χ1v) is 7.01. The van der Waals surface area contributed by atoms with Gasteiger partial charge in [-0.3, -0.25) is 4.79 Å². The van der Waals surface area contributed by atoms with Crippen molar-refractivity contribution in [2.45, 2.75) is 12.8 Å². The summed E-state index contributed by atoms with van der Waals surface area (Å²) in [4.78, 5) is 13.0. The standard InChI is InChI=1S/C11H14BrNO2S/c1-2-15-11(14)9-5-13-4-8(9)10-3-7(12)6-16-10/h3,6,8-9,13H,2,4-5H2,1H3. The van der Waals surface area contributed by atoms with Gasteiger partial charge in [-0.2, -0.15) is 0 Å². The molecule has 1 saturated heterocycles. The van der Waals surface area contributed by atoms with E-state index in [0.29, 0.717) is 6.61 Å². The number of rotatable bonds is 3. The molecule has 0 amide bonds. The molecule has 0 spiro atoms. The Morgan fingerprint density at radius 3 is 3.12 bits per heavy atom. The molecule has 0 saturated carbocycles. The maximum Gasteiger partial charge on any atom is 0.310 e. The van der Waals surface area contributed by atoms with Crippen molar-refractivity contribution < 1.29 is 9.53 Å². The van der Waals surface area contributed by atoms with Gasteiger partial charge in [0.25, 0.3) is 0 Å². The minimum Gasteiger partial charge on any atom is -0.466 e. The largest absolute Gasteiger partial charge is 0.466 e. The van der Waals surface area contributed by atoms with Crippen LogP contribution >= 0.6 is 27.3 Å². The first kappa shape index (κ1) is 12.1. The predicted molar refractivity (Wildman–Crippen MR) is 67.8 cm³/mol. The Labute approximate surface area is 107 Å². The molecule has 0 aliphatic carbocycles. The van der Waals surface area contributed by atoms with Crippen LogP contribution in [-0.4, -0.2) is 25.7 Å². The van der Waals surface area contributed by atoms with E-state index in [0.717, 1.165) is 17.6 Å². The summed E-state index contributed by atoms with van der Waals surface area (Å²) in [5.74, 6) is 0.142. The molecule has 1 aliphatic rings. The second kappa shape index (κ2) is 5.29. The molecular weight excluding hydrogens is 290 g/mol. The van der Waals surface area contributed by atoms with Gasteiger partial charge in [-0.15, -0.1) is 11.3 Å². The fraction of sp³-hybridized carbons (Fsp3) is 0.545. The number of thiophene rings is 1. The van der Waals surface area contributed by atoms with Gasteiger partial charge < -0.3 is 10.1 Å². The lowest BCUT2D eigenvalue weighted by molar-refractivity contribution is -0.147. The molecule has 3 nitrogen and oxygen atoms in total. The van der Waals surface area contributed by atoms with E-state index in [-0.39, 0.29) is 17.8 Å². The molecule has 1 fully saturated rings. The summed E-state index contributed by atoms with van der Waals surface area (Å²) in [6, 6.07) is 2.09. The maximum atomic E-state index is 11.8. The molecule has 2 unspecified atom stereocenters. The number of hydrogen-bond acceptors (Lipinski definition) is 4. The van der Waals surface area contributed by atoms with Crippen molar-refractivity contribution in [3.63, 3.8) is 0 Å². The number of nitrogens with one attached hydrogen (secondary N) is 1. The van der Waals surface area contributed by atoms with Crippen LogP contribution in [0.2, 0.25) is 0 Å². The molecule has 0 aromatic carbocycles. The third kappa shape index (κ3) is 2.47. The molecular formula is C11H14BrNO2S. The minimum absolute atomic E-state index is 0.0366. The smallest absolute Gasteiger partial charge is 0.310 e. The van der Waals surface area contributed by atoms with Crippen LogP contribution < -0.4 is 5.32 Å². The summed E-state index contributed by atoms with van der Waals surface area (Å²) in [6.45, 7) is 3.88. The van der Waals surface area contributed by atoms with Crippen LogP contribution in [0.4, 0.5) is 0 Å². The Morgan fingerprint density at radius 2 is 2.50 bits per heavy atom. The Kier molecular flexibility index (Phi) is 4.00.